The summed E-state index contributed by atoms with van der Waals surface area (Å²) in [5, 5.41) is 0. The molecule has 2 fully saturated rings. The van der Waals surface area contributed by atoms with Gasteiger partial charge in [0, 0.05) is 31.1 Å². The third-order valence-electron chi connectivity index (χ3n) is 5.69. The number of ether oxygens (including phenoxy) is 2. The van der Waals surface area contributed by atoms with Crippen LogP contribution in [0.15, 0.2) is 12.3 Å². The highest BCUT2D eigenvalue weighted by Gasteiger charge is 2.45. The van der Waals surface area contributed by atoms with Crippen molar-refractivity contribution >= 4 is 0 Å². The third kappa shape index (κ3) is 4.73. The van der Waals surface area contributed by atoms with E-state index in [2.05, 4.69) is 53.0 Å². The van der Waals surface area contributed by atoms with Gasteiger partial charge in [0.1, 0.15) is 0 Å². The van der Waals surface area contributed by atoms with Crippen LogP contribution in [0.4, 0.5) is 0 Å². The van der Waals surface area contributed by atoms with Gasteiger partial charge in [0.15, 0.2) is 5.79 Å². The number of allylic oxidation sites excluding steroid dienone is 1. The van der Waals surface area contributed by atoms with E-state index in [1.54, 1.807) is 0 Å². The molecular weight excluding hydrogens is 286 g/mol. The van der Waals surface area contributed by atoms with Gasteiger partial charge in [-0.2, -0.15) is 0 Å². The smallest absolute Gasteiger partial charge is 0.168 e. The van der Waals surface area contributed by atoms with Crippen molar-refractivity contribution in [1.29, 1.82) is 0 Å². The Morgan fingerprint density at radius 1 is 1.26 bits per heavy atom. The summed E-state index contributed by atoms with van der Waals surface area (Å²) < 4.78 is 12.5. The molecule has 0 aromatic carbocycles. The molecule has 3 heteroatoms. The molecule has 1 saturated carbocycles. The molecular formula is C20H37NO2. The van der Waals surface area contributed by atoms with Crippen LogP contribution in [0.2, 0.25) is 0 Å². The molecule has 3 nitrogen and oxygen atoms in total. The van der Waals surface area contributed by atoms with Crippen molar-refractivity contribution in [3.8, 4) is 0 Å². The molecule has 0 N–H and O–H groups in total. The van der Waals surface area contributed by atoms with E-state index in [1.165, 1.54) is 12.8 Å². The SMILES string of the molecule is C=C(C)N(CCC1COC2(CCC(C(C)(C)C)CC2)O1)C(C)C. The Labute approximate surface area is 143 Å². The Balaban J connectivity index is 1.82. The Hall–Kier alpha value is -0.540. The van der Waals surface area contributed by atoms with Crippen LogP contribution in [-0.2, 0) is 9.47 Å². The predicted molar refractivity (Wildman–Crippen MR) is 96.2 cm³/mol. The molecule has 2 rings (SSSR count). The van der Waals surface area contributed by atoms with Gasteiger partial charge in [-0.05, 0) is 51.4 Å². The number of rotatable bonds is 5. The van der Waals surface area contributed by atoms with Crippen molar-refractivity contribution in [2.75, 3.05) is 13.2 Å². The van der Waals surface area contributed by atoms with Crippen LogP contribution in [0.5, 0.6) is 0 Å². The van der Waals surface area contributed by atoms with Gasteiger partial charge in [-0.15, -0.1) is 0 Å². The number of hydrogen-bond donors (Lipinski definition) is 0. The maximum Gasteiger partial charge on any atom is 0.168 e. The van der Waals surface area contributed by atoms with E-state index in [9.17, 15) is 0 Å². The molecule has 1 unspecified atom stereocenters. The minimum atomic E-state index is -0.279. The Morgan fingerprint density at radius 3 is 2.35 bits per heavy atom. The van der Waals surface area contributed by atoms with Gasteiger partial charge < -0.3 is 14.4 Å². The molecule has 0 radical (unpaired) electrons. The molecule has 0 aromatic heterocycles. The first-order chi connectivity index (χ1) is 10.6. The average molecular weight is 324 g/mol. The average Bonchev–Trinajstić information content (AvgIpc) is 2.80. The van der Waals surface area contributed by atoms with Crippen molar-refractivity contribution in [3.05, 3.63) is 12.3 Å². The van der Waals surface area contributed by atoms with Crippen molar-refractivity contribution < 1.29 is 9.47 Å². The Kier molecular flexibility index (Phi) is 5.84. The lowest BCUT2D eigenvalue weighted by Crippen LogP contribution is -2.39. The second-order valence-electron chi connectivity index (χ2n) is 8.91. The van der Waals surface area contributed by atoms with Gasteiger partial charge in [-0.3, -0.25) is 0 Å². The lowest BCUT2D eigenvalue weighted by Gasteiger charge is -2.41. The summed E-state index contributed by atoms with van der Waals surface area (Å²) in [4.78, 5) is 2.35. The van der Waals surface area contributed by atoms with E-state index in [0.717, 1.165) is 44.0 Å². The molecule has 1 aliphatic heterocycles. The Bertz CT molecular complexity index is 402. The van der Waals surface area contributed by atoms with Gasteiger partial charge in [-0.25, -0.2) is 0 Å². The fourth-order valence-electron chi connectivity index (χ4n) is 4.12. The molecule has 1 saturated heterocycles. The lowest BCUT2D eigenvalue weighted by atomic mass is 9.71. The molecule has 0 amide bonds. The van der Waals surface area contributed by atoms with Gasteiger partial charge in [0.25, 0.3) is 0 Å². The molecule has 0 bridgehead atoms. The summed E-state index contributed by atoms with van der Waals surface area (Å²) in [5.74, 6) is 0.511. The van der Waals surface area contributed by atoms with Gasteiger partial charge >= 0.3 is 0 Å². The highest BCUT2D eigenvalue weighted by atomic mass is 16.7. The van der Waals surface area contributed by atoms with E-state index >= 15 is 0 Å². The van der Waals surface area contributed by atoms with Gasteiger partial charge in [-0.1, -0.05) is 27.4 Å². The van der Waals surface area contributed by atoms with E-state index in [0.29, 0.717) is 11.5 Å². The van der Waals surface area contributed by atoms with Crippen molar-refractivity contribution in [1.82, 2.24) is 4.90 Å². The molecule has 1 heterocycles. The normalized spacial score (nSPS) is 31.8. The summed E-state index contributed by atoms with van der Waals surface area (Å²) in [5.41, 5.74) is 1.54. The molecule has 1 aliphatic carbocycles. The predicted octanol–water partition coefficient (Wildman–Crippen LogP) is 4.97. The summed E-state index contributed by atoms with van der Waals surface area (Å²) in [6, 6.07) is 0.492. The zero-order valence-corrected chi connectivity index (χ0v) is 16.2. The monoisotopic (exact) mass is 323 g/mol. The van der Waals surface area contributed by atoms with Crippen LogP contribution in [0.3, 0.4) is 0 Å². The van der Waals surface area contributed by atoms with Crippen LogP contribution >= 0.6 is 0 Å². The van der Waals surface area contributed by atoms with E-state index in [-0.39, 0.29) is 11.9 Å². The second kappa shape index (κ2) is 7.14. The fraction of sp³-hybridized carbons (Fsp3) is 0.900. The quantitative estimate of drug-likeness (QED) is 0.713. The minimum absolute atomic E-state index is 0.238. The number of nitrogens with zero attached hydrogens (tertiary/aromatic N) is 1. The van der Waals surface area contributed by atoms with Gasteiger partial charge in [0.05, 0.1) is 12.7 Å². The topological polar surface area (TPSA) is 21.7 Å². The molecule has 1 atom stereocenters. The highest BCUT2D eigenvalue weighted by Crippen LogP contribution is 2.45. The zero-order valence-electron chi connectivity index (χ0n) is 16.2. The third-order valence-corrected chi connectivity index (χ3v) is 5.69. The lowest BCUT2D eigenvalue weighted by molar-refractivity contribution is -0.197. The first-order valence-electron chi connectivity index (χ1n) is 9.37. The van der Waals surface area contributed by atoms with E-state index in [1.807, 2.05) is 0 Å². The zero-order chi connectivity index (χ0) is 17.3. The largest absolute Gasteiger partial charge is 0.373 e. The fourth-order valence-corrected chi connectivity index (χ4v) is 4.12. The number of hydrogen-bond acceptors (Lipinski definition) is 3. The minimum Gasteiger partial charge on any atom is -0.373 e. The van der Waals surface area contributed by atoms with Crippen LogP contribution in [0.1, 0.15) is 73.6 Å². The molecule has 0 aromatic rings. The van der Waals surface area contributed by atoms with Crippen molar-refractivity contribution in [2.45, 2.75) is 91.6 Å². The van der Waals surface area contributed by atoms with Crippen molar-refractivity contribution in [3.63, 3.8) is 0 Å². The Morgan fingerprint density at radius 2 is 1.87 bits per heavy atom. The van der Waals surface area contributed by atoms with Gasteiger partial charge in [0.2, 0.25) is 0 Å². The first-order valence-corrected chi connectivity index (χ1v) is 9.37. The van der Waals surface area contributed by atoms with Crippen LogP contribution in [0, 0.1) is 11.3 Å². The maximum atomic E-state index is 6.38. The van der Waals surface area contributed by atoms with Crippen LogP contribution in [-0.4, -0.2) is 36.0 Å². The summed E-state index contributed by atoms with van der Waals surface area (Å²) >= 11 is 0. The maximum absolute atomic E-state index is 6.38. The summed E-state index contributed by atoms with van der Waals surface area (Å²) in [6.07, 6.45) is 5.82. The van der Waals surface area contributed by atoms with E-state index < -0.39 is 0 Å². The van der Waals surface area contributed by atoms with Crippen LogP contribution < -0.4 is 0 Å². The van der Waals surface area contributed by atoms with Crippen molar-refractivity contribution in [2.24, 2.45) is 11.3 Å². The van der Waals surface area contributed by atoms with Crippen LogP contribution in [0.25, 0.3) is 0 Å². The first kappa shape index (κ1) is 18.8. The molecule has 134 valence electrons. The molecule has 1 spiro atoms. The molecule has 2 aliphatic rings. The summed E-state index contributed by atoms with van der Waals surface area (Å²) in [6.45, 7) is 19.4. The van der Waals surface area contributed by atoms with E-state index in [4.69, 9.17) is 9.47 Å². The second-order valence-corrected chi connectivity index (χ2v) is 8.91. The standard InChI is InChI=1S/C20H37NO2/c1-15(2)21(16(3)4)13-10-18-14-22-20(23-18)11-8-17(9-12-20)19(5,6)7/h16-18H,1,8-14H2,2-7H3. The molecule has 23 heavy (non-hydrogen) atoms. The highest BCUT2D eigenvalue weighted by molar-refractivity contribution is 4.92. The summed E-state index contributed by atoms with van der Waals surface area (Å²) in [7, 11) is 0.